The van der Waals surface area contributed by atoms with Crippen molar-refractivity contribution in [3.8, 4) is 0 Å². The van der Waals surface area contributed by atoms with Gasteiger partial charge in [0.1, 0.15) is 23.3 Å². The van der Waals surface area contributed by atoms with Gasteiger partial charge >= 0.3 is 0 Å². The highest BCUT2D eigenvalue weighted by Gasteiger charge is 2.06. The molecule has 94 valence electrons. The molecule has 1 heterocycles. The molecule has 0 aliphatic carbocycles. The molecule has 0 aliphatic rings. The van der Waals surface area contributed by atoms with E-state index < -0.39 is 11.6 Å². The van der Waals surface area contributed by atoms with Crippen LogP contribution in [0.25, 0.3) is 0 Å². The van der Waals surface area contributed by atoms with Crippen molar-refractivity contribution in [1.82, 2.24) is 9.97 Å². The van der Waals surface area contributed by atoms with Crippen molar-refractivity contribution in [3.63, 3.8) is 0 Å². The van der Waals surface area contributed by atoms with Crippen molar-refractivity contribution < 1.29 is 8.78 Å². The summed E-state index contributed by atoms with van der Waals surface area (Å²) in [7, 11) is 1.73. The fourth-order valence-corrected chi connectivity index (χ4v) is 1.95. The number of benzene rings is 1. The van der Waals surface area contributed by atoms with Crippen molar-refractivity contribution in [1.29, 1.82) is 0 Å². The minimum absolute atomic E-state index is 0.274. The van der Waals surface area contributed by atoms with Gasteiger partial charge < -0.3 is 5.32 Å². The van der Waals surface area contributed by atoms with Crippen LogP contribution < -0.4 is 5.32 Å². The molecule has 0 unspecified atom stereocenters. The van der Waals surface area contributed by atoms with E-state index in [2.05, 4.69) is 31.2 Å². The standard InChI is InChI=1S/C12H10BrF2N3/c1-16-12-10(13)6-17-11(18-12)4-7-2-8(14)5-9(15)3-7/h2-3,5-6H,4H2,1H3,(H,16,17,18). The van der Waals surface area contributed by atoms with Gasteiger partial charge in [0.25, 0.3) is 0 Å². The van der Waals surface area contributed by atoms with Crippen molar-refractivity contribution in [2.24, 2.45) is 0 Å². The maximum absolute atomic E-state index is 13.0. The minimum atomic E-state index is -0.601. The van der Waals surface area contributed by atoms with E-state index in [1.807, 2.05) is 0 Å². The van der Waals surface area contributed by atoms with Crippen molar-refractivity contribution in [2.75, 3.05) is 12.4 Å². The van der Waals surface area contributed by atoms with Crippen LogP contribution in [-0.4, -0.2) is 17.0 Å². The molecule has 0 aliphatic heterocycles. The highest BCUT2D eigenvalue weighted by Crippen LogP contribution is 2.19. The first-order chi connectivity index (χ1) is 8.58. The van der Waals surface area contributed by atoms with E-state index >= 15 is 0 Å². The maximum atomic E-state index is 13.0. The van der Waals surface area contributed by atoms with Crippen LogP contribution in [0.2, 0.25) is 0 Å². The number of nitrogens with one attached hydrogen (secondary N) is 1. The lowest BCUT2D eigenvalue weighted by molar-refractivity contribution is 0.580. The first-order valence-corrected chi connectivity index (χ1v) is 6.02. The third-order valence-electron chi connectivity index (χ3n) is 2.32. The second kappa shape index (κ2) is 5.39. The van der Waals surface area contributed by atoms with E-state index in [9.17, 15) is 8.78 Å². The quantitative estimate of drug-likeness (QED) is 0.946. The number of hydrogen-bond donors (Lipinski definition) is 1. The third-order valence-corrected chi connectivity index (χ3v) is 2.90. The number of hydrogen-bond acceptors (Lipinski definition) is 3. The first kappa shape index (κ1) is 12.9. The van der Waals surface area contributed by atoms with Crippen LogP contribution in [0.3, 0.4) is 0 Å². The monoisotopic (exact) mass is 313 g/mol. The SMILES string of the molecule is CNc1nc(Cc2cc(F)cc(F)c2)ncc1Br. The molecule has 2 aromatic rings. The summed E-state index contributed by atoms with van der Waals surface area (Å²) in [5.41, 5.74) is 0.497. The van der Waals surface area contributed by atoms with Gasteiger partial charge in [-0.1, -0.05) is 0 Å². The van der Waals surface area contributed by atoms with Crippen LogP contribution in [0.4, 0.5) is 14.6 Å². The molecular weight excluding hydrogens is 304 g/mol. The topological polar surface area (TPSA) is 37.8 Å². The lowest BCUT2D eigenvalue weighted by atomic mass is 10.1. The molecule has 0 fully saturated rings. The molecular formula is C12H10BrF2N3. The Morgan fingerprint density at radius 1 is 1.22 bits per heavy atom. The molecule has 0 atom stereocenters. The lowest BCUT2D eigenvalue weighted by Crippen LogP contribution is -2.02. The average Bonchev–Trinajstić information content (AvgIpc) is 2.30. The van der Waals surface area contributed by atoms with E-state index in [0.29, 0.717) is 17.2 Å². The van der Waals surface area contributed by atoms with Crippen LogP contribution in [0.1, 0.15) is 11.4 Å². The van der Waals surface area contributed by atoms with Crippen molar-refractivity contribution in [3.05, 3.63) is 51.9 Å². The maximum Gasteiger partial charge on any atom is 0.143 e. The number of halogens is 3. The molecule has 0 spiro atoms. The Balaban J connectivity index is 2.28. The van der Waals surface area contributed by atoms with E-state index in [1.54, 1.807) is 13.2 Å². The molecule has 0 saturated heterocycles. The molecule has 2 rings (SSSR count). The van der Waals surface area contributed by atoms with Crippen LogP contribution in [-0.2, 0) is 6.42 Å². The number of rotatable bonds is 3. The second-order valence-electron chi connectivity index (χ2n) is 3.69. The van der Waals surface area contributed by atoms with Crippen LogP contribution in [0.15, 0.2) is 28.9 Å². The summed E-state index contributed by atoms with van der Waals surface area (Å²) in [6.07, 6.45) is 1.88. The third kappa shape index (κ3) is 3.01. The molecule has 0 amide bonds. The summed E-state index contributed by atoms with van der Waals surface area (Å²) in [5.74, 6) is -0.0728. The molecule has 1 N–H and O–H groups in total. The van der Waals surface area contributed by atoms with Gasteiger partial charge in [-0.05, 0) is 33.6 Å². The Morgan fingerprint density at radius 3 is 2.50 bits per heavy atom. The highest BCUT2D eigenvalue weighted by molar-refractivity contribution is 9.10. The summed E-state index contributed by atoms with van der Waals surface area (Å²) in [4.78, 5) is 8.33. The number of anilines is 1. The Kier molecular flexibility index (Phi) is 3.86. The summed E-state index contributed by atoms with van der Waals surface area (Å²) in [6, 6.07) is 3.38. The lowest BCUT2D eigenvalue weighted by Gasteiger charge is -2.05. The molecule has 1 aromatic heterocycles. The van der Waals surface area contributed by atoms with Gasteiger partial charge in [0.05, 0.1) is 4.47 Å². The van der Waals surface area contributed by atoms with Crippen LogP contribution in [0, 0.1) is 11.6 Å². The Bertz CT molecular complexity index is 555. The Labute approximate surface area is 111 Å². The zero-order valence-electron chi connectivity index (χ0n) is 9.54. The van der Waals surface area contributed by atoms with Gasteiger partial charge in [-0.2, -0.15) is 0 Å². The fraction of sp³-hybridized carbons (Fsp3) is 0.167. The number of aromatic nitrogens is 2. The predicted octanol–water partition coefficient (Wildman–Crippen LogP) is 3.15. The molecule has 0 radical (unpaired) electrons. The largest absolute Gasteiger partial charge is 0.372 e. The average molecular weight is 314 g/mol. The van der Waals surface area contributed by atoms with Gasteiger partial charge in [0.15, 0.2) is 0 Å². The molecule has 6 heteroatoms. The van der Waals surface area contributed by atoms with Gasteiger partial charge in [-0.25, -0.2) is 18.7 Å². The van der Waals surface area contributed by atoms with Crippen molar-refractivity contribution >= 4 is 21.7 Å². The molecule has 18 heavy (non-hydrogen) atoms. The molecule has 1 aromatic carbocycles. The fourth-order valence-electron chi connectivity index (χ4n) is 1.56. The molecule has 0 saturated carbocycles. The number of nitrogens with zero attached hydrogens (tertiary/aromatic N) is 2. The summed E-state index contributed by atoms with van der Waals surface area (Å²) >= 11 is 3.29. The van der Waals surface area contributed by atoms with Gasteiger partial charge in [-0.15, -0.1) is 0 Å². The minimum Gasteiger partial charge on any atom is -0.372 e. The Morgan fingerprint density at radius 2 is 1.89 bits per heavy atom. The normalized spacial score (nSPS) is 10.4. The van der Waals surface area contributed by atoms with E-state index in [4.69, 9.17) is 0 Å². The predicted molar refractivity (Wildman–Crippen MR) is 68.4 cm³/mol. The van der Waals surface area contributed by atoms with Gasteiger partial charge in [0.2, 0.25) is 0 Å². The first-order valence-electron chi connectivity index (χ1n) is 5.22. The summed E-state index contributed by atoms with van der Waals surface area (Å²) in [6.45, 7) is 0. The van der Waals surface area contributed by atoms with Crippen LogP contribution >= 0.6 is 15.9 Å². The second-order valence-corrected chi connectivity index (χ2v) is 4.54. The highest BCUT2D eigenvalue weighted by atomic mass is 79.9. The van der Waals surface area contributed by atoms with Gasteiger partial charge in [0, 0.05) is 25.7 Å². The van der Waals surface area contributed by atoms with E-state index in [1.165, 1.54) is 12.1 Å². The summed E-state index contributed by atoms with van der Waals surface area (Å²) in [5, 5.41) is 2.90. The van der Waals surface area contributed by atoms with E-state index in [0.717, 1.165) is 10.5 Å². The molecule has 3 nitrogen and oxygen atoms in total. The summed E-state index contributed by atoms with van der Waals surface area (Å²) < 4.78 is 26.8. The smallest absolute Gasteiger partial charge is 0.143 e. The van der Waals surface area contributed by atoms with Gasteiger partial charge in [-0.3, -0.25) is 0 Å². The van der Waals surface area contributed by atoms with Crippen molar-refractivity contribution in [2.45, 2.75) is 6.42 Å². The Hall–Kier alpha value is -1.56. The zero-order valence-corrected chi connectivity index (χ0v) is 11.1. The zero-order chi connectivity index (χ0) is 13.1. The van der Waals surface area contributed by atoms with Crippen LogP contribution in [0.5, 0.6) is 0 Å². The molecule has 0 bridgehead atoms. The van der Waals surface area contributed by atoms with E-state index in [-0.39, 0.29) is 6.42 Å².